The summed E-state index contributed by atoms with van der Waals surface area (Å²) in [5.74, 6) is 0. The van der Waals surface area contributed by atoms with Crippen molar-refractivity contribution in [3.05, 3.63) is 31.7 Å². The third-order valence-electron chi connectivity index (χ3n) is 0.222. The summed E-state index contributed by atoms with van der Waals surface area (Å²) in [7, 11) is 0. The molecule has 3 radical (unpaired) electrons. The third kappa shape index (κ3) is 3.48. The van der Waals surface area contributed by atoms with Gasteiger partial charge < -0.3 is 0 Å². The maximum Gasteiger partial charge on any atom is -0.00925 e. The van der Waals surface area contributed by atoms with Crippen LogP contribution < -0.4 is 0 Å². The van der Waals surface area contributed by atoms with Gasteiger partial charge in [-0.05, 0) is 6.92 Å². The average Bonchev–Trinajstić information content (AvgIpc) is 1.41. The van der Waals surface area contributed by atoms with Crippen molar-refractivity contribution in [1.82, 2.24) is 0 Å². The van der Waals surface area contributed by atoms with Crippen molar-refractivity contribution in [2.75, 3.05) is 0 Å². The van der Waals surface area contributed by atoms with Crippen molar-refractivity contribution in [2.24, 2.45) is 0 Å². The van der Waals surface area contributed by atoms with Crippen molar-refractivity contribution < 1.29 is 0 Å². The second kappa shape index (κ2) is 3.48. The minimum atomic E-state index is 1.38. The zero-order valence-electron chi connectivity index (χ0n) is 2.89. The van der Waals surface area contributed by atoms with E-state index in [1.807, 2.05) is 0 Å². The summed E-state index contributed by atoms with van der Waals surface area (Å²) in [6.07, 6.45) is 4.31. The van der Waals surface area contributed by atoms with Gasteiger partial charge in [-0.1, -0.05) is 24.8 Å². The summed E-state index contributed by atoms with van der Waals surface area (Å²) in [6.45, 7) is 9.69. The molecule has 0 saturated heterocycles. The highest BCUT2D eigenvalue weighted by atomic mass is 13.5. The van der Waals surface area contributed by atoms with E-state index in [0.717, 1.165) is 0 Å². The molecule has 0 aliphatic heterocycles. The molecule has 25 valence electrons. The zero-order valence-corrected chi connectivity index (χ0v) is 2.89. The van der Waals surface area contributed by atoms with Crippen molar-refractivity contribution >= 4 is 0 Å². The molecule has 0 heteroatoms. The van der Waals surface area contributed by atoms with Crippen molar-refractivity contribution in [3.8, 4) is 0 Å². The molecule has 0 spiro atoms. The van der Waals surface area contributed by atoms with Crippen LogP contribution in [0.1, 0.15) is 0 Å². The van der Waals surface area contributed by atoms with E-state index < -0.39 is 0 Å². The Kier molecular flexibility index (Phi) is 3.12. The van der Waals surface area contributed by atoms with Crippen LogP contribution in [0.15, 0.2) is 18.2 Å². The van der Waals surface area contributed by atoms with Crippen LogP contribution in [0.2, 0.25) is 0 Å². The Morgan fingerprint density at radius 1 is 1.40 bits per heavy atom. The van der Waals surface area contributed by atoms with Gasteiger partial charge in [0.1, 0.15) is 0 Å². The van der Waals surface area contributed by atoms with E-state index >= 15 is 0 Å². The first kappa shape index (κ1) is 4.48. The highest BCUT2D eigenvalue weighted by molar-refractivity contribution is 4.96. The van der Waals surface area contributed by atoms with Crippen LogP contribution in [0.25, 0.3) is 0 Å². The Morgan fingerprint density at radius 2 is 2.00 bits per heavy atom. The summed E-state index contributed by atoms with van der Waals surface area (Å²) in [5, 5.41) is 0. The molecule has 0 saturated carbocycles. The van der Waals surface area contributed by atoms with Gasteiger partial charge >= 0.3 is 0 Å². The molecule has 0 fully saturated rings. The maximum absolute atomic E-state index is 4.85. The van der Waals surface area contributed by atoms with Crippen LogP contribution >= 0.6 is 0 Å². The lowest BCUT2D eigenvalue weighted by Crippen LogP contribution is -1.34. The van der Waals surface area contributed by atoms with E-state index in [1.54, 1.807) is 6.08 Å². The Labute approximate surface area is 32.8 Å². The quantitative estimate of drug-likeness (QED) is 0.403. The second-order valence-electron chi connectivity index (χ2n) is 0.577. The van der Waals surface area contributed by atoms with Gasteiger partial charge in [-0.3, -0.25) is 0 Å². The summed E-state index contributed by atoms with van der Waals surface area (Å²) in [5.41, 5.74) is 0. The molecule has 0 aliphatic carbocycles. The summed E-state index contributed by atoms with van der Waals surface area (Å²) in [6, 6.07) is 0. The second-order valence-corrected chi connectivity index (χ2v) is 0.577. The molecular formula is C5H5. The maximum atomic E-state index is 4.85. The molecule has 5 heavy (non-hydrogen) atoms. The van der Waals surface area contributed by atoms with Crippen LogP contribution in [0.4, 0.5) is 0 Å². The zero-order chi connectivity index (χ0) is 4.12. The van der Waals surface area contributed by atoms with Crippen LogP contribution in [0, 0.1) is 13.5 Å². The van der Waals surface area contributed by atoms with Crippen LogP contribution in [-0.2, 0) is 0 Å². The first-order valence-electron chi connectivity index (χ1n) is 1.33. The van der Waals surface area contributed by atoms with Gasteiger partial charge in [-0.25, -0.2) is 0 Å². The SMILES string of the molecule is [CH]/C=C/C=[CH]. The molecular weight excluding hydrogens is 60.1 g/mol. The molecule has 0 rings (SSSR count). The Morgan fingerprint density at radius 3 is 2.00 bits per heavy atom. The van der Waals surface area contributed by atoms with Gasteiger partial charge in [0.2, 0.25) is 0 Å². The third-order valence-corrected chi connectivity index (χ3v) is 0.222. The normalized spacial score (nSPS) is 9.00. The van der Waals surface area contributed by atoms with Crippen LogP contribution in [-0.4, -0.2) is 0 Å². The van der Waals surface area contributed by atoms with Crippen molar-refractivity contribution in [1.29, 1.82) is 0 Å². The fourth-order valence-corrected chi connectivity index (χ4v) is 0.0642. The van der Waals surface area contributed by atoms with Gasteiger partial charge in [-0.15, -0.1) is 0 Å². The largest absolute Gasteiger partial charge is 0.0802 e. The Bertz CT molecular complexity index is 42.0. The molecule has 0 heterocycles. The standard InChI is InChI=1S/C5H5/c1-3-5-4-2/h1-5H/b3-1?,5-4+. The first-order valence-corrected chi connectivity index (χ1v) is 1.33. The van der Waals surface area contributed by atoms with Crippen LogP contribution in [0.3, 0.4) is 0 Å². The van der Waals surface area contributed by atoms with Crippen molar-refractivity contribution in [3.63, 3.8) is 0 Å². The Hall–Kier alpha value is -0.520. The van der Waals surface area contributed by atoms with E-state index in [4.69, 9.17) is 13.5 Å². The van der Waals surface area contributed by atoms with Crippen LogP contribution in [0.5, 0.6) is 0 Å². The molecule has 0 aliphatic rings. The number of rotatable bonds is 1. The Balaban J connectivity index is 2.92. The molecule has 0 amide bonds. The van der Waals surface area contributed by atoms with E-state index in [9.17, 15) is 0 Å². The molecule has 0 aromatic heterocycles. The van der Waals surface area contributed by atoms with Gasteiger partial charge in [0, 0.05) is 0 Å². The van der Waals surface area contributed by atoms with Crippen molar-refractivity contribution in [2.45, 2.75) is 0 Å². The number of allylic oxidation sites excluding steroid dienone is 3. The van der Waals surface area contributed by atoms with E-state index in [0.29, 0.717) is 0 Å². The lowest BCUT2D eigenvalue weighted by molar-refractivity contribution is 1.97. The molecule has 0 N–H and O–H groups in total. The molecule has 0 aromatic carbocycles. The van der Waals surface area contributed by atoms with Gasteiger partial charge in [0.25, 0.3) is 0 Å². The smallest absolute Gasteiger partial charge is 0.00925 e. The molecule has 0 nitrogen and oxygen atoms in total. The first-order chi connectivity index (χ1) is 2.41. The minimum absolute atomic E-state index is 1.38. The molecule has 0 atom stereocenters. The van der Waals surface area contributed by atoms with E-state index in [1.165, 1.54) is 12.2 Å². The van der Waals surface area contributed by atoms with Gasteiger partial charge in [0.05, 0.1) is 0 Å². The lowest BCUT2D eigenvalue weighted by Gasteiger charge is -1.55. The molecule has 0 unspecified atom stereocenters. The predicted octanol–water partition coefficient (Wildman–Crippen LogP) is 1.24. The highest BCUT2D eigenvalue weighted by Gasteiger charge is 1.43. The highest BCUT2D eigenvalue weighted by Crippen LogP contribution is 1.63. The summed E-state index contributed by atoms with van der Waals surface area (Å²) < 4.78 is 0. The monoisotopic (exact) mass is 65.0 g/mol. The fourth-order valence-electron chi connectivity index (χ4n) is 0.0642. The van der Waals surface area contributed by atoms with Gasteiger partial charge in [-0.2, -0.15) is 0 Å². The predicted molar refractivity (Wildman–Crippen MR) is 22.3 cm³/mol. The van der Waals surface area contributed by atoms with Gasteiger partial charge in [0.15, 0.2) is 0 Å². The number of hydrogen-bond acceptors (Lipinski definition) is 0. The topological polar surface area (TPSA) is 0 Å². The molecule has 0 bridgehead atoms. The average molecular weight is 65.1 g/mol. The summed E-state index contributed by atoms with van der Waals surface area (Å²) >= 11 is 0. The van der Waals surface area contributed by atoms with E-state index in [-0.39, 0.29) is 0 Å². The van der Waals surface area contributed by atoms with E-state index in [2.05, 4.69) is 0 Å². The molecule has 0 aromatic rings. The number of hydrogen-bond donors (Lipinski definition) is 0. The summed E-state index contributed by atoms with van der Waals surface area (Å²) in [4.78, 5) is 0. The minimum Gasteiger partial charge on any atom is -0.0802 e. The fraction of sp³-hybridized carbons (Fsp3) is 0. The lowest BCUT2D eigenvalue weighted by atomic mass is 10.5.